The van der Waals surface area contributed by atoms with Crippen molar-refractivity contribution < 1.29 is 9.63 Å². The third-order valence-corrected chi connectivity index (χ3v) is 3.07. The van der Waals surface area contributed by atoms with E-state index in [0.29, 0.717) is 29.2 Å². The molecule has 0 aliphatic carbocycles. The first-order chi connectivity index (χ1) is 8.83. The van der Waals surface area contributed by atoms with Crippen LogP contribution in [0, 0.1) is 0 Å². The zero-order valence-corrected chi connectivity index (χ0v) is 10.8. The first-order valence-electron chi connectivity index (χ1n) is 5.64. The molecule has 8 nitrogen and oxygen atoms in total. The van der Waals surface area contributed by atoms with Crippen LogP contribution in [0.15, 0.2) is 9.68 Å². The van der Waals surface area contributed by atoms with E-state index in [2.05, 4.69) is 32.6 Å². The summed E-state index contributed by atoms with van der Waals surface area (Å²) >= 11 is 1.41. The van der Waals surface area contributed by atoms with Gasteiger partial charge < -0.3 is 9.63 Å². The summed E-state index contributed by atoms with van der Waals surface area (Å²) in [5.41, 5.74) is 0. The van der Waals surface area contributed by atoms with Crippen molar-refractivity contribution in [2.75, 3.05) is 6.61 Å². The second-order valence-electron chi connectivity index (χ2n) is 3.55. The van der Waals surface area contributed by atoms with Crippen molar-refractivity contribution in [3.63, 3.8) is 0 Å². The van der Waals surface area contributed by atoms with Gasteiger partial charge in [0.05, 0.1) is 18.9 Å². The zero-order valence-electron chi connectivity index (χ0n) is 9.98. The van der Waals surface area contributed by atoms with E-state index in [1.165, 1.54) is 16.4 Å². The molecule has 1 N–H and O–H groups in total. The molecule has 0 atom stereocenters. The molecule has 0 aromatic carbocycles. The second kappa shape index (κ2) is 6.45. The number of aromatic nitrogens is 6. The summed E-state index contributed by atoms with van der Waals surface area (Å²) in [7, 11) is 0. The molecular weight excluding hydrogens is 256 g/mol. The van der Waals surface area contributed by atoms with Crippen LogP contribution in [-0.2, 0) is 18.7 Å². The van der Waals surface area contributed by atoms with Crippen LogP contribution in [0.2, 0.25) is 0 Å². The third-order valence-electron chi connectivity index (χ3n) is 2.12. The first-order valence-corrected chi connectivity index (χ1v) is 6.63. The molecule has 0 saturated carbocycles. The molecule has 0 saturated heterocycles. The fourth-order valence-electron chi connectivity index (χ4n) is 1.33. The molecule has 0 amide bonds. The molecule has 2 aromatic rings. The highest BCUT2D eigenvalue weighted by Crippen LogP contribution is 2.18. The largest absolute Gasteiger partial charge is 0.394 e. The average molecular weight is 270 g/mol. The average Bonchev–Trinajstić information content (AvgIpc) is 2.97. The third kappa shape index (κ3) is 3.26. The van der Waals surface area contributed by atoms with Crippen molar-refractivity contribution >= 4 is 11.8 Å². The summed E-state index contributed by atoms with van der Waals surface area (Å²) in [6, 6.07) is 0. The Balaban J connectivity index is 1.91. The van der Waals surface area contributed by atoms with E-state index in [1.807, 2.05) is 0 Å². The topological polar surface area (TPSA) is 103 Å². The van der Waals surface area contributed by atoms with Gasteiger partial charge in [0, 0.05) is 6.42 Å². The molecular formula is C9H14N6O2S. The normalized spacial score (nSPS) is 11.0. The van der Waals surface area contributed by atoms with E-state index in [9.17, 15) is 0 Å². The standard InChI is InChI=1S/C9H14N6O2S/c1-2-3-8-10-7(12-17-8)6-18-9-11-13-14-15(9)4-5-16/h16H,2-6H2,1H3. The van der Waals surface area contributed by atoms with Gasteiger partial charge in [0.1, 0.15) is 0 Å². The number of rotatable bonds is 7. The number of aliphatic hydroxyl groups excluding tert-OH is 1. The Kier molecular flexibility index (Phi) is 4.65. The minimum absolute atomic E-state index is 0.00145. The van der Waals surface area contributed by atoms with Crippen LogP contribution in [0.25, 0.3) is 0 Å². The van der Waals surface area contributed by atoms with E-state index >= 15 is 0 Å². The Morgan fingerprint density at radius 3 is 3.11 bits per heavy atom. The van der Waals surface area contributed by atoms with Crippen LogP contribution in [0.4, 0.5) is 0 Å². The molecule has 98 valence electrons. The molecule has 0 unspecified atom stereocenters. The first kappa shape index (κ1) is 13.0. The molecule has 0 fully saturated rings. The Morgan fingerprint density at radius 1 is 1.44 bits per heavy atom. The quantitative estimate of drug-likeness (QED) is 0.716. The fourth-order valence-corrected chi connectivity index (χ4v) is 2.07. The molecule has 0 radical (unpaired) electrons. The molecule has 2 rings (SSSR count). The van der Waals surface area contributed by atoms with Gasteiger partial charge in [-0.25, -0.2) is 4.68 Å². The Morgan fingerprint density at radius 2 is 2.33 bits per heavy atom. The molecule has 0 aliphatic rings. The molecule has 2 heterocycles. The molecule has 18 heavy (non-hydrogen) atoms. The molecule has 0 bridgehead atoms. The number of hydrogen-bond donors (Lipinski definition) is 1. The van der Waals surface area contributed by atoms with Gasteiger partial charge in [0.2, 0.25) is 11.0 Å². The Labute approximate surface area is 108 Å². The molecule has 2 aromatic heterocycles. The predicted octanol–water partition coefficient (Wildman–Crippen LogP) is 0.293. The van der Waals surface area contributed by atoms with Crippen LogP contribution < -0.4 is 0 Å². The van der Waals surface area contributed by atoms with Crippen molar-refractivity contribution in [2.45, 2.75) is 37.2 Å². The van der Waals surface area contributed by atoms with Gasteiger partial charge in [0.15, 0.2) is 5.82 Å². The van der Waals surface area contributed by atoms with E-state index in [1.54, 1.807) is 0 Å². The summed E-state index contributed by atoms with van der Waals surface area (Å²) in [6.07, 6.45) is 1.77. The van der Waals surface area contributed by atoms with E-state index < -0.39 is 0 Å². The smallest absolute Gasteiger partial charge is 0.226 e. The fraction of sp³-hybridized carbons (Fsp3) is 0.667. The highest BCUT2D eigenvalue weighted by atomic mass is 32.2. The van der Waals surface area contributed by atoms with E-state index in [-0.39, 0.29) is 6.61 Å². The van der Waals surface area contributed by atoms with E-state index in [4.69, 9.17) is 9.63 Å². The SMILES string of the molecule is CCCc1nc(CSc2nnnn2CCO)no1. The van der Waals surface area contributed by atoms with Gasteiger partial charge in [-0.15, -0.1) is 5.10 Å². The number of aryl methyl sites for hydroxylation is 1. The number of aliphatic hydroxyl groups is 1. The van der Waals surface area contributed by atoms with Crippen molar-refractivity contribution in [1.82, 2.24) is 30.3 Å². The van der Waals surface area contributed by atoms with Gasteiger partial charge in [0.25, 0.3) is 0 Å². The van der Waals surface area contributed by atoms with Crippen LogP contribution in [0.1, 0.15) is 25.1 Å². The highest BCUT2D eigenvalue weighted by molar-refractivity contribution is 7.98. The highest BCUT2D eigenvalue weighted by Gasteiger charge is 2.10. The minimum Gasteiger partial charge on any atom is -0.394 e. The predicted molar refractivity (Wildman–Crippen MR) is 62.8 cm³/mol. The van der Waals surface area contributed by atoms with Crippen LogP contribution in [0.3, 0.4) is 0 Å². The van der Waals surface area contributed by atoms with Gasteiger partial charge in [-0.05, 0) is 16.8 Å². The summed E-state index contributed by atoms with van der Waals surface area (Å²) in [6.45, 7) is 2.44. The van der Waals surface area contributed by atoms with Gasteiger partial charge >= 0.3 is 0 Å². The maximum Gasteiger partial charge on any atom is 0.226 e. The maximum atomic E-state index is 8.84. The van der Waals surface area contributed by atoms with E-state index in [0.717, 1.165) is 12.8 Å². The lowest BCUT2D eigenvalue weighted by Gasteiger charge is -1.99. The summed E-state index contributed by atoms with van der Waals surface area (Å²) in [5.74, 6) is 1.82. The van der Waals surface area contributed by atoms with Crippen LogP contribution >= 0.6 is 11.8 Å². The number of nitrogens with zero attached hydrogens (tertiary/aromatic N) is 6. The second-order valence-corrected chi connectivity index (χ2v) is 4.49. The lowest BCUT2D eigenvalue weighted by atomic mass is 10.3. The molecule has 0 spiro atoms. The van der Waals surface area contributed by atoms with Crippen LogP contribution in [-0.4, -0.2) is 42.1 Å². The zero-order chi connectivity index (χ0) is 12.8. The van der Waals surface area contributed by atoms with Gasteiger partial charge in [-0.2, -0.15) is 4.98 Å². The lowest BCUT2D eigenvalue weighted by Crippen LogP contribution is -2.05. The van der Waals surface area contributed by atoms with Crippen LogP contribution in [0.5, 0.6) is 0 Å². The molecule has 9 heteroatoms. The van der Waals surface area contributed by atoms with Crippen molar-refractivity contribution in [1.29, 1.82) is 0 Å². The maximum absolute atomic E-state index is 8.84. The monoisotopic (exact) mass is 270 g/mol. The summed E-state index contributed by atoms with van der Waals surface area (Å²) in [4.78, 5) is 4.25. The van der Waals surface area contributed by atoms with Crippen molar-refractivity contribution in [3.05, 3.63) is 11.7 Å². The number of hydrogen-bond acceptors (Lipinski definition) is 8. The summed E-state index contributed by atoms with van der Waals surface area (Å²) < 4.78 is 6.62. The van der Waals surface area contributed by atoms with Gasteiger partial charge in [-0.1, -0.05) is 23.8 Å². The number of thioether (sulfide) groups is 1. The lowest BCUT2D eigenvalue weighted by molar-refractivity contribution is 0.262. The summed E-state index contributed by atoms with van der Waals surface area (Å²) in [5, 5.41) is 24.5. The molecule has 0 aliphatic heterocycles. The Hall–Kier alpha value is -1.48. The number of tetrazole rings is 1. The van der Waals surface area contributed by atoms with Crippen molar-refractivity contribution in [3.8, 4) is 0 Å². The van der Waals surface area contributed by atoms with Crippen molar-refractivity contribution in [2.24, 2.45) is 0 Å². The minimum atomic E-state index is 0.00145. The van der Waals surface area contributed by atoms with Gasteiger partial charge in [-0.3, -0.25) is 0 Å². The Bertz CT molecular complexity index is 485.